The molecule has 0 aliphatic carbocycles. The monoisotopic (exact) mass is 473 g/mol. The van der Waals surface area contributed by atoms with Crippen LogP contribution in [0.4, 0.5) is 5.69 Å². The van der Waals surface area contributed by atoms with E-state index >= 15 is 0 Å². The molecule has 0 fully saturated rings. The Kier molecular flexibility index (Phi) is 5.98. The first-order valence-corrected chi connectivity index (χ1v) is 11.7. The van der Waals surface area contributed by atoms with E-state index < -0.39 is 34.0 Å². The quantitative estimate of drug-likeness (QED) is 0.614. The van der Waals surface area contributed by atoms with Crippen LogP contribution in [0.5, 0.6) is 11.5 Å². The van der Waals surface area contributed by atoms with E-state index in [1.165, 1.54) is 13.0 Å². The molecule has 0 aromatic heterocycles. The van der Waals surface area contributed by atoms with Gasteiger partial charge in [-0.25, -0.2) is 13.2 Å². The standard InChI is InChI=1S/C22H23N3O7S/c1-12(2)19(24-20-15-6-4-5-7-18(15)33(28,29)25-20)22(27)32-13(3)21(26)23-14-8-9-16-17(10-14)31-11-30-16/h4-10,12-13,19H,11H2,1-3H3,(H,23,26)(H,24,25)/t13-,19-/m0/s1. The molecule has 2 aromatic carbocycles. The van der Waals surface area contributed by atoms with E-state index in [1.54, 1.807) is 50.2 Å². The van der Waals surface area contributed by atoms with Gasteiger partial charge >= 0.3 is 5.97 Å². The Hall–Kier alpha value is -3.60. The van der Waals surface area contributed by atoms with Crippen molar-refractivity contribution < 1.29 is 32.2 Å². The Morgan fingerprint density at radius 2 is 1.82 bits per heavy atom. The Labute approximate surface area is 191 Å². The summed E-state index contributed by atoms with van der Waals surface area (Å²) >= 11 is 0. The zero-order valence-electron chi connectivity index (χ0n) is 18.2. The fourth-order valence-corrected chi connectivity index (χ4v) is 4.60. The Bertz CT molecular complexity index is 1240. The zero-order chi connectivity index (χ0) is 23.8. The lowest BCUT2D eigenvalue weighted by Gasteiger charge is -2.19. The van der Waals surface area contributed by atoms with Crippen LogP contribution in [0.25, 0.3) is 0 Å². The molecular formula is C22H23N3O7S. The predicted molar refractivity (Wildman–Crippen MR) is 119 cm³/mol. The summed E-state index contributed by atoms with van der Waals surface area (Å²) in [6.45, 7) is 5.06. The van der Waals surface area contributed by atoms with Crippen molar-refractivity contribution in [2.45, 2.75) is 37.8 Å². The molecule has 0 radical (unpaired) electrons. The number of fused-ring (bicyclic) bond motifs is 2. The number of amidine groups is 1. The van der Waals surface area contributed by atoms with Gasteiger partial charge in [0.2, 0.25) is 6.79 Å². The third-order valence-electron chi connectivity index (χ3n) is 5.11. The molecular weight excluding hydrogens is 450 g/mol. The highest BCUT2D eigenvalue weighted by Crippen LogP contribution is 2.34. The maximum absolute atomic E-state index is 12.8. The number of benzene rings is 2. The molecule has 0 unspecified atom stereocenters. The molecule has 0 spiro atoms. The molecule has 33 heavy (non-hydrogen) atoms. The van der Waals surface area contributed by atoms with Gasteiger partial charge < -0.3 is 19.5 Å². The molecule has 2 aromatic rings. The highest BCUT2D eigenvalue weighted by Gasteiger charge is 2.34. The summed E-state index contributed by atoms with van der Waals surface area (Å²) in [6, 6.07) is 10.3. The lowest BCUT2D eigenvalue weighted by Crippen LogP contribution is -2.37. The fourth-order valence-electron chi connectivity index (χ4n) is 3.36. The lowest BCUT2D eigenvalue weighted by atomic mass is 10.0. The van der Waals surface area contributed by atoms with E-state index in [4.69, 9.17) is 14.2 Å². The van der Waals surface area contributed by atoms with Gasteiger partial charge in [-0.15, -0.1) is 0 Å². The van der Waals surface area contributed by atoms with Crippen LogP contribution >= 0.6 is 0 Å². The fraction of sp³-hybridized carbons (Fsp3) is 0.318. The van der Waals surface area contributed by atoms with Crippen molar-refractivity contribution in [1.82, 2.24) is 4.72 Å². The SMILES string of the molecule is CC(C)[C@H](N=C1NS(=O)(=O)c2ccccc21)C(=O)O[C@@H](C)C(=O)Nc1ccc2c(c1)OCO2. The maximum Gasteiger partial charge on any atom is 0.331 e. The van der Waals surface area contributed by atoms with Gasteiger partial charge in [0.15, 0.2) is 23.6 Å². The van der Waals surface area contributed by atoms with Crippen LogP contribution < -0.4 is 19.5 Å². The third-order valence-corrected chi connectivity index (χ3v) is 6.50. The summed E-state index contributed by atoms with van der Waals surface area (Å²) in [5.74, 6) is -0.438. The van der Waals surface area contributed by atoms with E-state index in [1.807, 2.05) is 0 Å². The van der Waals surface area contributed by atoms with Crippen LogP contribution in [0.3, 0.4) is 0 Å². The van der Waals surface area contributed by atoms with Crippen LogP contribution in [0, 0.1) is 5.92 Å². The first-order chi connectivity index (χ1) is 15.7. The molecule has 2 heterocycles. The highest BCUT2D eigenvalue weighted by atomic mass is 32.2. The number of anilines is 1. The minimum Gasteiger partial charge on any atom is -0.454 e. The van der Waals surface area contributed by atoms with Crippen LogP contribution in [-0.2, 0) is 24.3 Å². The number of esters is 1. The molecule has 10 nitrogen and oxygen atoms in total. The van der Waals surface area contributed by atoms with Gasteiger partial charge in [-0.1, -0.05) is 26.0 Å². The minimum absolute atomic E-state index is 0.0683. The molecule has 2 aliphatic heterocycles. The number of hydrogen-bond donors (Lipinski definition) is 2. The lowest BCUT2D eigenvalue weighted by molar-refractivity contribution is -0.155. The van der Waals surface area contributed by atoms with Crippen LogP contribution in [0.1, 0.15) is 26.3 Å². The van der Waals surface area contributed by atoms with Gasteiger partial charge in [0.25, 0.3) is 15.9 Å². The van der Waals surface area contributed by atoms with Crippen molar-refractivity contribution in [3.63, 3.8) is 0 Å². The minimum atomic E-state index is -3.74. The highest BCUT2D eigenvalue weighted by molar-refractivity contribution is 7.90. The number of hydrogen-bond acceptors (Lipinski definition) is 8. The molecule has 174 valence electrons. The summed E-state index contributed by atoms with van der Waals surface area (Å²) in [5, 5.41) is 2.66. The van der Waals surface area contributed by atoms with E-state index in [2.05, 4.69) is 15.0 Å². The zero-order valence-corrected chi connectivity index (χ0v) is 19.0. The van der Waals surface area contributed by atoms with Crippen LogP contribution in [-0.4, -0.2) is 45.1 Å². The second-order valence-corrected chi connectivity index (χ2v) is 9.56. The molecule has 2 N–H and O–H groups in total. The van der Waals surface area contributed by atoms with E-state index in [-0.39, 0.29) is 23.4 Å². The van der Waals surface area contributed by atoms with Crippen molar-refractivity contribution in [2.24, 2.45) is 10.9 Å². The van der Waals surface area contributed by atoms with Crippen molar-refractivity contribution in [1.29, 1.82) is 0 Å². The molecule has 2 aliphatic rings. The summed E-state index contributed by atoms with van der Waals surface area (Å²) in [7, 11) is -3.74. The number of nitrogens with zero attached hydrogens (tertiary/aromatic N) is 1. The van der Waals surface area contributed by atoms with Gasteiger partial charge in [-0.2, -0.15) is 0 Å². The average molecular weight is 474 g/mol. The number of ether oxygens (including phenoxy) is 3. The number of nitrogens with one attached hydrogen (secondary N) is 2. The number of sulfonamides is 1. The molecule has 0 saturated heterocycles. The van der Waals surface area contributed by atoms with Crippen molar-refractivity contribution >= 4 is 33.4 Å². The number of carbonyl (C=O) groups excluding carboxylic acids is 2. The number of amides is 1. The van der Waals surface area contributed by atoms with E-state index in [9.17, 15) is 18.0 Å². The van der Waals surface area contributed by atoms with Gasteiger partial charge in [0, 0.05) is 17.3 Å². The second kappa shape index (κ2) is 8.74. The summed E-state index contributed by atoms with van der Waals surface area (Å²) in [4.78, 5) is 29.8. The van der Waals surface area contributed by atoms with E-state index in [0.29, 0.717) is 22.7 Å². The number of aliphatic imine (C=N–C) groups is 1. The van der Waals surface area contributed by atoms with E-state index in [0.717, 1.165) is 0 Å². The Morgan fingerprint density at radius 3 is 2.58 bits per heavy atom. The van der Waals surface area contributed by atoms with Crippen LogP contribution in [0.15, 0.2) is 52.4 Å². The smallest absolute Gasteiger partial charge is 0.331 e. The summed E-state index contributed by atoms with van der Waals surface area (Å²) in [6.07, 6.45) is -1.11. The Balaban J connectivity index is 1.46. The predicted octanol–water partition coefficient (Wildman–Crippen LogP) is 2.05. The molecule has 1 amide bonds. The second-order valence-electron chi connectivity index (χ2n) is 7.90. The largest absolute Gasteiger partial charge is 0.454 e. The van der Waals surface area contributed by atoms with Crippen molar-refractivity contribution in [3.8, 4) is 11.5 Å². The normalized spacial score (nSPS) is 18.4. The number of carbonyl (C=O) groups is 2. The maximum atomic E-state index is 12.8. The number of rotatable bonds is 6. The van der Waals surface area contributed by atoms with Gasteiger partial charge in [-0.3, -0.25) is 14.5 Å². The first kappa shape index (κ1) is 22.6. The average Bonchev–Trinajstić information content (AvgIpc) is 3.33. The third kappa shape index (κ3) is 4.63. The summed E-state index contributed by atoms with van der Waals surface area (Å²) < 4.78 is 42.9. The van der Waals surface area contributed by atoms with Gasteiger partial charge in [-0.05, 0) is 37.1 Å². The van der Waals surface area contributed by atoms with Crippen molar-refractivity contribution in [2.75, 3.05) is 12.1 Å². The molecule has 4 rings (SSSR count). The van der Waals surface area contributed by atoms with Crippen molar-refractivity contribution in [3.05, 3.63) is 48.0 Å². The first-order valence-electron chi connectivity index (χ1n) is 10.3. The van der Waals surface area contributed by atoms with Gasteiger partial charge in [0.1, 0.15) is 5.84 Å². The van der Waals surface area contributed by atoms with Crippen LogP contribution in [0.2, 0.25) is 0 Å². The topological polar surface area (TPSA) is 132 Å². The summed E-state index contributed by atoms with van der Waals surface area (Å²) in [5.41, 5.74) is 0.842. The Morgan fingerprint density at radius 1 is 1.09 bits per heavy atom. The van der Waals surface area contributed by atoms with Gasteiger partial charge in [0.05, 0.1) is 4.90 Å². The molecule has 11 heteroatoms. The molecule has 0 bridgehead atoms. The molecule has 2 atom stereocenters. The molecule has 0 saturated carbocycles.